The molecule has 2 aromatic carbocycles. The molecule has 0 fully saturated rings. The van der Waals surface area contributed by atoms with Gasteiger partial charge in [-0.2, -0.15) is 0 Å². The fourth-order valence-electron chi connectivity index (χ4n) is 2.44. The Hall–Kier alpha value is -2.04. The molecule has 0 saturated carbocycles. The Labute approximate surface area is 157 Å². The molecule has 6 heteroatoms. The maximum Gasteiger partial charge on any atom is 0.226 e. The highest BCUT2D eigenvalue weighted by Gasteiger charge is 2.17. The van der Waals surface area contributed by atoms with Gasteiger partial charge >= 0.3 is 0 Å². The van der Waals surface area contributed by atoms with E-state index in [9.17, 15) is 9.59 Å². The molecular formula is C19H20Cl2N2O2. The fraction of sp³-hybridized carbons (Fsp3) is 0.263. The lowest BCUT2D eigenvalue weighted by Crippen LogP contribution is -2.32. The first-order chi connectivity index (χ1) is 11.8. The fourth-order valence-corrected chi connectivity index (χ4v) is 2.82. The van der Waals surface area contributed by atoms with E-state index in [4.69, 9.17) is 23.2 Å². The lowest BCUT2D eigenvalue weighted by molar-refractivity contribution is -0.117. The summed E-state index contributed by atoms with van der Waals surface area (Å²) in [5.41, 5.74) is 3.33. The highest BCUT2D eigenvalue weighted by Crippen LogP contribution is 2.29. The number of carbonyl (C=O) groups is 2. The van der Waals surface area contributed by atoms with Gasteiger partial charge in [-0.05, 0) is 49.2 Å². The summed E-state index contributed by atoms with van der Waals surface area (Å²) in [6, 6.07) is 10.8. The number of halogens is 2. The van der Waals surface area contributed by atoms with Gasteiger partial charge in [0.1, 0.15) is 0 Å². The zero-order valence-electron chi connectivity index (χ0n) is 14.4. The van der Waals surface area contributed by atoms with Crippen LogP contribution in [0.3, 0.4) is 0 Å². The van der Waals surface area contributed by atoms with Crippen LogP contribution >= 0.6 is 23.2 Å². The van der Waals surface area contributed by atoms with E-state index in [0.717, 1.165) is 16.8 Å². The number of benzene rings is 2. The van der Waals surface area contributed by atoms with Crippen molar-refractivity contribution in [3.63, 3.8) is 0 Å². The van der Waals surface area contributed by atoms with Crippen molar-refractivity contribution in [1.29, 1.82) is 0 Å². The van der Waals surface area contributed by atoms with E-state index in [-0.39, 0.29) is 24.8 Å². The minimum Gasteiger partial charge on any atom is -0.326 e. The molecule has 0 aromatic heterocycles. The van der Waals surface area contributed by atoms with E-state index in [2.05, 4.69) is 5.32 Å². The van der Waals surface area contributed by atoms with Crippen molar-refractivity contribution >= 4 is 46.4 Å². The first-order valence-corrected chi connectivity index (χ1v) is 8.64. The SMILES string of the molecule is CC(=O)N(CCC(=O)Nc1cc(C)ccc1C)c1cc(Cl)ccc1Cl. The summed E-state index contributed by atoms with van der Waals surface area (Å²) in [5.74, 6) is -0.373. The molecule has 2 aromatic rings. The van der Waals surface area contributed by atoms with E-state index in [1.165, 1.54) is 11.8 Å². The molecule has 2 amide bonds. The van der Waals surface area contributed by atoms with E-state index in [1.54, 1.807) is 18.2 Å². The van der Waals surface area contributed by atoms with Crippen molar-refractivity contribution in [3.05, 3.63) is 57.6 Å². The van der Waals surface area contributed by atoms with E-state index >= 15 is 0 Å². The van der Waals surface area contributed by atoms with Crippen LogP contribution in [0.25, 0.3) is 0 Å². The molecule has 0 heterocycles. The van der Waals surface area contributed by atoms with Crippen molar-refractivity contribution in [3.8, 4) is 0 Å². The first kappa shape index (κ1) is 19.3. The van der Waals surface area contributed by atoms with Crippen LogP contribution in [0.1, 0.15) is 24.5 Å². The summed E-state index contributed by atoms with van der Waals surface area (Å²) in [7, 11) is 0. The highest BCUT2D eigenvalue weighted by molar-refractivity contribution is 6.35. The first-order valence-electron chi connectivity index (χ1n) is 7.88. The molecule has 0 radical (unpaired) electrons. The molecule has 4 nitrogen and oxygen atoms in total. The topological polar surface area (TPSA) is 49.4 Å². The highest BCUT2D eigenvalue weighted by atomic mass is 35.5. The predicted molar refractivity (Wildman–Crippen MR) is 104 cm³/mol. The molecule has 1 N–H and O–H groups in total. The Kier molecular flexibility index (Phi) is 6.45. The summed E-state index contributed by atoms with van der Waals surface area (Å²) < 4.78 is 0. The number of rotatable bonds is 5. The smallest absolute Gasteiger partial charge is 0.226 e. The summed E-state index contributed by atoms with van der Waals surface area (Å²) in [5, 5.41) is 3.78. The zero-order valence-corrected chi connectivity index (χ0v) is 15.9. The predicted octanol–water partition coefficient (Wildman–Crippen LogP) is 4.99. The zero-order chi connectivity index (χ0) is 18.6. The molecule has 0 aliphatic heterocycles. The van der Waals surface area contributed by atoms with Crippen molar-refractivity contribution < 1.29 is 9.59 Å². The Morgan fingerprint density at radius 1 is 1.08 bits per heavy atom. The van der Waals surface area contributed by atoms with Gasteiger partial charge in [-0.1, -0.05) is 35.3 Å². The molecule has 132 valence electrons. The molecule has 0 spiro atoms. The Balaban J connectivity index is 2.08. The van der Waals surface area contributed by atoms with Crippen molar-refractivity contribution in [1.82, 2.24) is 0 Å². The molecule has 0 saturated heterocycles. The largest absolute Gasteiger partial charge is 0.326 e. The third-order valence-corrected chi connectivity index (χ3v) is 4.36. The second-order valence-electron chi connectivity index (χ2n) is 5.88. The Bertz CT molecular complexity index is 806. The molecule has 25 heavy (non-hydrogen) atoms. The molecule has 0 atom stereocenters. The van der Waals surface area contributed by atoms with Crippen LogP contribution in [0.15, 0.2) is 36.4 Å². The standard InChI is InChI=1S/C19H20Cl2N2O2/c1-12-4-5-13(2)17(10-12)22-19(25)8-9-23(14(3)24)18-11-15(20)6-7-16(18)21/h4-7,10-11H,8-9H2,1-3H3,(H,22,25). The van der Waals surface area contributed by atoms with Crippen LogP contribution < -0.4 is 10.2 Å². The van der Waals surface area contributed by atoms with Crippen LogP contribution in [0, 0.1) is 13.8 Å². The molecule has 2 rings (SSSR count). The molecule has 0 aliphatic rings. The lowest BCUT2D eigenvalue weighted by Gasteiger charge is -2.22. The third-order valence-electron chi connectivity index (χ3n) is 3.81. The molecule has 0 bridgehead atoms. The Morgan fingerprint density at radius 3 is 2.48 bits per heavy atom. The van der Waals surface area contributed by atoms with Gasteiger partial charge in [0.25, 0.3) is 0 Å². The normalized spacial score (nSPS) is 10.4. The van der Waals surface area contributed by atoms with Gasteiger partial charge in [-0.3, -0.25) is 9.59 Å². The number of nitrogens with one attached hydrogen (secondary N) is 1. The molecular weight excluding hydrogens is 359 g/mol. The van der Waals surface area contributed by atoms with Gasteiger partial charge in [-0.25, -0.2) is 0 Å². The van der Waals surface area contributed by atoms with Gasteiger partial charge < -0.3 is 10.2 Å². The Morgan fingerprint density at radius 2 is 1.80 bits per heavy atom. The van der Waals surface area contributed by atoms with E-state index in [1.807, 2.05) is 32.0 Å². The van der Waals surface area contributed by atoms with Gasteiger partial charge in [0.2, 0.25) is 11.8 Å². The number of anilines is 2. The number of amides is 2. The van der Waals surface area contributed by atoms with Crippen LogP contribution in [-0.4, -0.2) is 18.4 Å². The second kappa shape index (κ2) is 8.37. The van der Waals surface area contributed by atoms with Gasteiger partial charge in [0.15, 0.2) is 0 Å². The van der Waals surface area contributed by atoms with E-state index < -0.39 is 0 Å². The number of carbonyl (C=O) groups excluding carboxylic acids is 2. The minimum absolute atomic E-state index is 0.149. The van der Waals surface area contributed by atoms with Gasteiger partial charge in [-0.15, -0.1) is 0 Å². The third kappa shape index (κ3) is 5.21. The lowest BCUT2D eigenvalue weighted by atomic mass is 10.1. The quantitative estimate of drug-likeness (QED) is 0.796. The molecule has 0 aliphatic carbocycles. The van der Waals surface area contributed by atoms with Crippen LogP contribution in [-0.2, 0) is 9.59 Å². The summed E-state index contributed by atoms with van der Waals surface area (Å²) in [6.45, 7) is 5.54. The summed E-state index contributed by atoms with van der Waals surface area (Å²) in [6.07, 6.45) is 0.149. The van der Waals surface area contributed by atoms with Gasteiger partial charge in [0, 0.05) is 30.6 Å². The molecule has 0 unspecified atom stereocenters. The summed E-state index contributed by atoms with van der Waals surface area (Å²) >= 11 is 12.2. The maximum atomic E-state index is 12.3. The van der Waals surface area contributed by atoms with E-state index in [0.29, 0.717) is 15.7 Å². The number of nitrogens with zero attached hydrogens (tertiary/aromatic N) is 1. The van der Waals surface area contributed by atoms with Crippen LogP contribution in [0.5, 0.6) is 0 Å². The van der Waals surface area contributed by atoms with Gasteiger partial charge in [0.05, 0.1) is 10.7 Å². The second-order valence-corrected chi connectivity index (χ2v) is 6.73. The summed E-state index contributed by atoms with van der Waals surface area (Å²) in [4.78, 5) is 25.7. The van der Waals surface area contributed by atoms with Crippen molar-refractivity contribution in [2.45, 2.75) is 27.2 Å². The maximum absolute atomic E-state index is 12.3. The monoisotopic (exact) mass is 378 g/mol. The average molecular weight is 379 g/mol. The number of hydrogen-bond donors (Lipinski definition) is 1. The van der Waals surface area contributed by atoms with Crippen LogP contribution in [0.4, 0.5) is 11.4 Å². The van der Waals surface area contributed by atoms with Crippen molar-refractivity contribution in [2.75, 3.05) is 16.8 Å². The van der Waals surface area contributed by atoms with Crippen LogP contribution in [0.2, 0.25) is 10.0 Å². The number of aryl methyl sites for hydroxylation is 2. The van der Waals surface area contributed by atoms with Crippen molar-refractivity contribution in [2.24, 2.45) is 0 Å². The average Bonchev–Trinajstić information content (AvgIpc) is 2.54. The minimum atomic E-state index is -0.205. The number of hydrogen-bond acceptors (Lipinski definition) is 2.